The number of rotatable bonds is 10. The molecular weight excluding hydrogens is 648 g/mol. The number of nitrogens with two attached hydrogens (primary N) is 3. The number of hydrogen-bond donors (Lipinski definition) is 6. The minimum atomic E-state index is -1.82. The Morgan fingerprint density at radius 1 is 1.28 bits per heavy atom. The number of nitrogens with zero attached hydrogens (tertiary/aromatic N) is 7. The van der Waals surface area contributed by atoms with Crippen molar-refractivity contribution in [3.05, 3.63) is 23.3 Å². The van der Waals surface area contributed by atoms with E-state index >= 15 is 0 Å². The molecule has 2 atom stereocenters. The number of β-lactam (4-membered cyclic amide) rings is 1. The van der Waals surface area contributed by atoms with Crippen molar-refractivity contribution in [1.29, 1.82) is 0 Å². The standard InChI is InChI=1S/C24H30N12O8S2/c1-24(2,21(41)42)44-31-12(16-30-22(27)46-32-16)17(37)29-13-18(38)36-14(20(39)40)9(8-45-19(13)36)4-35-7-11(15(26)33(35)3)28-23(43)34-5-10(25)6-34/h7,10,13,19,26H,4-6,8,25H2,1-3H3,(H6,27,28,29,30,32,37,39,40,41,42,43)/b31-12-/t13-,19-/m1/s1. The molecule has 46 heavy (non-hydrogen) atoms. The van der Waals surface area contributed by atoms with Gasteiger partial charge in [0.15, 0.2) is 23.2 Å². The van der Waals surface area contributed by atoms with Crippen molar-refractivity contribution in [2.45, 2.75) is 43.5 Å². The molecule has 0 aromatic carbocycles. The molecule has 5 rings (SSSR count). The molecule has 0 spiro atoms. The quantitative estimate of drug-likeness (QED) is 0.0608. The average Bonchev–Trinajstić information content (AvgIpc) is 3.51. The van der Waals surface area contributed by atoms with E-state index in [1.54, 1.807) is 17.9 Å². The monoisotopic (exact) mass is 678 g/mol. The van der Waals surface area contributed by atoms with E-state index in [4.69, 9.17) is 22.0 Å². The third kappa shape index (κ3) is 6.00. The van der Waals surface area contributed by atoms with Crippen LogP contribution in [-0.2, 0) is 37.6 Å². The van der Waals surface area contributed by atoms with E-state index in [0.717, 1.165) is 16.4 Å². The highest BCUT2D eigenvalue weighted by Crippen LogP contribution is 2.40. The number of carboxylic acid groups (broad SMARTS) is 2. The number of carbonyl (C=O) groups is 5. The second kappa shape index (κ2) is 12.1. The van der Waals surface area contributed by atoms with Gasteiger partial charge in [-0.1, -0.05) is 5.16 Å². The van der Waals surface area contributed by atoms with E-state index in [0.29, 0.717) is 24.4 Å². The van der Waals surface area contributed by atoms with E-state index < -0.39 is 46.5 Å². The first-order valence-corrected chi connectivity index (χ1v) is 15.4. The summed E-state index contributed by atoms with van der Waals surface area (Å²) in [5.41, 5.74) is 15.5. The molecule has 20 nitrogen and oxygen atoms in total. The van der Waals surface area contributed by atoms with Crippen molar-refractivity contribution in [2.24, 2.45) is 17.9 Å². The maximum Gasteiger partial charge on any atom is 0.350 e. The highest BCUT2D eigenvalue weighted by Gasteiger charge is 2.53. The summed E-state index contributed by atoms with van der Waals surface area (Å²) in [6.07, 6.45) is 1.54. The van der Waals surface area contributed by atoms with Gasteiger partial charge >= 0.3 is 12.0 Å². The summed E-state index contributed by atoms with van der Waals surface area (Å²) >= 11 is 1.94. The van der Waals surface area contributed by atoms with Crippen LogP contribution in [0.1, 0.15) is 19.7 Å². The summed E-state index contributed by atoms with van der Waals surface area (Å²) in [6.45, 7) is 3.21. The number of fused-ring (bicyclic) bond motifs is 1. The first-order valence-electron chi connectivity index (χ1n) is 13.5. The molecule has 0 unspecified atom stereocenters. The van der Waals surface area contributed by atoms with Crippen LogP contribution >= 0.6 is 23.3 Å². The summed E-state index contributed by atoms with van der Waals surface area (Å²) in [6, 6.07) is -1.65. The van der Waals surface area contributed by atoms with Gasteiger partial charge in [0.2, 0.25) is 23.3 Å². The van der Waals surface area contributed by atoms with Crippen molar-refractivity contribution in [2.75, 3.05) is 35.6 Å². The maximum absolute atomic E-state index is 13.3. The minimum Gasteiger partial charge on any atom is -0.543 e. The van der Waals surface area contributed by atoms with Gasteiger partial charge in [-0.25, -0.2) is 9.59 Å². The second-order valence-electron chi connectivity index (χ2n) is 11.0. The van der Waals surface area contributed by atoms with Crippen LogP contribution in [-0.4, -0.2) is 106 Å². The van der Waals surface area contributed by atoms with E-state index in [1.165, 1.54) is 35.2 Å². The number of carbonyl (C=O) groups excluding carboxylic acids is 4. The number of nitrogen functional groups attached to an aromatic ring is 2. The van der Waals surface area contributed by atoms with E-state index in [-0.39, 0.29) is 46.8 Å². The van der Waals surface area contributed by atoms with Crippen molar-refractivity contribution in [3.63, 3.8) is 0 Å². The van der Waals surface area contributed by atoms with Crippen molar-refractivity contribution in [1.82, 2.24) is 29.2 Å². The van der Waals surface area contributed by atoms with E-state index in [1.807, 2.05) is 0 Å². The second-order valence-corrected chi connectivity index (χ2v) is 12.9. The van der Waals surface area contributed by atoms with Crippen molar-refractivity contribution < 1.29 is 43.7 Å². The number of oxime groups is 1. The smallest absolute Gasteiger partial charge is 0.350 e. The molecule has 0 bridgehead atoms. The zero-order chi connectivity index (χ0) is 33.7. The molecule has 2 aromatic rings. The normalized spacial score (nSPS) is 20.1. The first kappa shape index (κ1) is 32.4. The van der Waals surface area contributed by atoms with Gasteiger partial charge in [0.25, 0.3) is 11.8 Å². The SMILES string of the molecule is Cn1c(N)c(NC(=O)N2CC(N)C2)c[n+]1CC1=C(C(=O)[O-])N2C(=O)[C@@H](NC(=O)/C(=N\OC(C)(C)C(=O)O)c3nsc(N)n3)[C@H]2SC1. The Balaban J connectivity index is 1.33. The number of hydrogen-bond acceptors (Lipinski definition) is 15. The van der Waals surface area contributed by atoms with Gasteiger partial charge in [-0.3, -0.25) is 19.8 Å². The number of thioether (sulfide) groups is 1. The molecule has 4 amide bonds. The van der Waals surface area contributed by atoms with Crippen LogP contribution in [0, 0.1) is 0 Å². The molecule has 22 heteroatoms. The molecule has 2 saturated heterocycles. The molecule has 9 N–H and O–H groups in total. The Kier molecular flexibility index (Phi) is 8.53. The number of likely N-dealkylation sites (tertiary alicyclic amines) is 1. The van der Waals surface area contributed by atoms with Gasteiger partial charge in [-0.15, -0.1) is 21.1 Å². The Morgan fingerprint density at radius 3 is 2.57 bits per heavy atom. The third-order valence-electron chi connectivity index (χ3n) is 7.36. The number of amides is 4. The number of carboxylic acids is 2. The van der Waals surface area contributed by atoms with Crippen LogP contribution in [0.3, 0.4) is 0 Å². The number of aliphatic carboxylic acids is 2. The number of anilines is 3. The Morgan fingerprint density at radius 2 is 1.98 bits per heavy atom. The lowest BCUT2D eigenvalue weighted by Gasteiger charge is -2.50. The van der Waals surface area contributed by atoms with Crippen LogP contribution in [0.5, 0.6) is 0 Å². The predicted octanol–water partition coefficient (Wildman–Crippen LogP) is -3.81. The minimum absolute atomic E-state index is 0.00813. The van der Waals surface area contributed by atoms with E-state index in [2.05, 4.69) is 25.1 Å². The van der Waals surface area contributed by atoms with Gasteiger partial charge in [-0.2, -0.15) is 9.36 Å². The largest absolute Gasteiger partial charge is 0.543 e. The summed E-state index contributed by atoms with van der Waals surface area (Å²) in [4.78, 5) is 74.2. The molecule has 246 valence electrons. The molecule has 5 heterocycles. The Bertz CT molecular complexity index is 1690. The summed E-state index contributed by atoms with van der Waals surface area (Å²) in [7, 11) is 1.62. The van der Waals surface area contributed by atoms with Crippen LogP contribution in [0.4, 0.5) is 21.4 Å². The first-order chi connectivity index (χ1) is 21.6. The highest BCUT2D eigenvalue weighted by molar-refractivity contribution is 8.00. The summed E-state index contributed by atoms with van der Waals surface area (Å²) in [5.74, 6) is -4.60. The van der Waals surface area contributed by atoms with Crippen molar-refractivity contribution >= 4 is 75.4 Å². The van der Waals surface area contributed by atoms with E-state index in [9.17, 15) is 34.2 Å². The fraction of sp³-hybridized carbons (Fsp3) is 0.458. The van der Waals surface area contributed by atoms with Gasteiger partial charge in [0, 0.05) is 42.0 Å². The molecule has 0 radical (unpaired) electrons. The molecule has 2 aromatic heterocycles. The fourth-order valence-electron chi connectivity index (χ4n) is 4.65. The number of nitrogens with one attached hydrogen (secondary N) is 2. The number of aromatic nitrogens is 4. The van der Waals surface area contributed by atoms with Crippen LogP contribution in [0.25, 0.3) is 0 Å². The van der Waals surface area contributed by atoms with Crippen LogP contribution in [0.15, 0.2) is 22.6 Å². The molecule has 3 aliphatic rings. The summed E-state index contributed by atoms with van der Waals surface area (Å²) < 4.78 is 7.01. The van der Waals surface area contributed by atoms with Gasteiger partial charge in [-0.05, 0) is 13.8 Å². The van der Waals surface area contributed by atoms with Gasteiger partial charge in [0.1, 0.15) is 11.4 Å². The molecule has 2 fully saturated rings. The molecule has 3 aliphatic heterocycles. The van der Waals surface area contributed by atoms with Crippen LogP contribution in [0.2, 0.25) is 0 Å². The zero-order valence-electron chi connectivity index (χ0n) is 24.6. The highest BCUT2D eigenvalue weighted by atomic mass is 32.2. The lowest BCUT2D eigenvalue weighted by molar-refractivity contribution is -0.765. The molecule has 0 saturated carbocycles. The third-order valence-corrected chi connectivity index (χ3v) is 9.24. The fourth-order valence-corrected chi connectivity index (χ4v) is 6.42. The Labute approximate surface area is 268 Å². The molecular formula is C24H30N12O8S2. The topological polar surface area (TPSA) is 293 Å². The lowest BCUT2D eigenvalue weighted by atomic mass is 10.0. The zero-order valence-corrected chi connectivity index (χ0v) is 26.3. The van der Waals surface area contributed by atoms with Gasteiger partial charge in [0.05, 0.1) is 18.7 Å². The molecule has 0 aliphatic carbocycles. The average molecular weight is 679 g/mol. The lowest BCUT2D eigenvalue weighted by Crippen LogP contribution is -2.71. The van der Waals surface area contributed by atoms with Crippen LogP contribution < -0.4 is 37.6 Å². The number of urea groups is 1. The maximum atomic E-state index is 13.3. The Hall–Kier alpha value is -4.96. The van der Waals surface area contributed by atoms with Crippen molar-refractivity contribution in [3.8, 4) is 0 Å². The van der Waals surface area contributed by atoms with Gasteiger partial charge < -0.3 is 47.3 Å². The predicted molar refractivity (Wildman–Crippen MR) is 159 cm³/mol. The summed E-state index contributed by atoms with van der Waals surface area (Å²) in [5, 5.41) is 29.7.